The van der Waals surface area contributed by atoms with Gasteiger partial charge in [-0.2, -0.15) is 0 Å². The van der Waals surface area contributed by atoms with Gasteiger partial charge in [0.25, 0.3) is 0 Å². The van der Waals surface area contributed by atoms with E-state index in [1.54, 1.807) is 0 Å². The third kappa shape index (κ3) is 3.63. The Bertz CT molecular complexity index is 2710. The molecule has 3 heteroatoms. The summed E-state index contributed by atoms with van der Waals surface area (Å²) in [6.45, 7) is 0. The predicted molar refractivity (Wildman–Crippen MR) is 193 cm³/mol. The third-order valence-electron chi connectivity index (χ3n) is 9.32. The fourth-order valence-corrected chi connectivity index (χ4v) is 9.69. The normalized spacial score (nSPS) is 12.0. The Kier molecular flexibility index (Phi) is 5.33. The summed E-state index contributed by atoms with van der Waals surface area (Å²) in [6.07, 6.45) is 0. The zero-order valence-corrected chi connectivity index (χ0v) is 26.0. The van der Waals surface area contributed by atoms with Crippen LogP contribution in [0.1, 0.15) is 0 Å². The number of para-hydroxylation sites is 3. The Balaban J connectivity index is 1.26. The molecule has 3 heterocycles. The monoisotopic (exact) mass is 638 g/mol. The first-order valence-electron chi connectivity index (χ1n) is 15.4. The van der Waals surface area contributed by atoms with Crippen LogP contribution in [0.4, 0.5) is 0 Å². The van der Waals surface area contributed by atoms with Crippen molar-refractivity contribution in [3.05, 3.63) is 158 Å². The minimum absolute atomic E-state index is 0.276. The van der Waals surface area contributed by atoms with Crippen LogP contribution in [0, 0.1) is 0 Å². The van der Waals surface area contributed by atoms with Gasteiger partial charge in [-0.1, -0.05) is 12.1 Å². The zero-order chi connectivity index (χ0) is 29.5. The van der Waals surface area contributed by atoms with Gasteiger partial charge in [0.05, 0.1) is 0 Å². The van der Waals surface area contributed by atoms with Gasteiger partial charge >= 0.3 is 255 Å². The molecular weight excluding hydrogens is 611 g/mol. The second-order valence-corrected chi connectivity index (χ2v) is 14.0. The van der Waals surface area contributed by atoms with Gasteiger partial charge < -0.3 is 0 Å². The van der Waals surface area contributed by atoms with E-state index in [0.29, 0.717) is 0 Å². The van der Waals surface area contributed by atoms with E-state index in [4.69, 9.17) is 0 Å². The molecule has 10 aromatic rings. The molecule has 0 radical (unpaired) electrons. The molecule has 3 aromatic heterocycles. The summed E-state index contributed by atoms with van der Waals surface area (Å²) < 4.78 is 7.83. The molecule has 0 aliphatic heterocycles. The number of fused-ring (bicyclic) bond motifs is 9. The molecule has 0 saturated heterocycles. The molecule has 0 unspecified atom stereocenters. The molecule has 0 amide bonds. The summed E-state index contributed by atoms with van der Waals surface area (Å²) in [5.74, 6) is 0. The molecule has 10 rings (SSSR count). The van der Waals surface area contributed by atoms with Crippen LogP contribution < -0.4 is 0 Å². The number of nitrogens with zero attached hydrogens (tertiary/aromatic N) is 2. The van der Waals surface area contributed by atoms with E-state index in [2.05, 4.69) is 167 Å². The number of rotatable bonds is 3. The molecule has 0 N–H and O–H groups in total. The second kappa shape index (κ2) is 9.58. The van der Waals surface area contributed by atoms with Crippen LogP contribution in [0.5, 0.6) is 0 Å². The van der Waals surface area contributed by atoms with Crippen LogP contribution in [-0.2, 0) is 0 Å². The third-order valence-corrected chi connectivity index (χ3v) is 11.7. The van der Waals surface area contributed by atoms with Crippen molar-refractivity contribution >= 4 is 77.4 Å². The molecule has 0 atom stereocenters. The number of hydrogen-bond donors (Lipinski definition) is 0. The number of benzene rings is 7. The van der Waals surface area contributed by atoms with E-state index in [1.807, 2.05) is 0 Å². The first kappa shape index (κ1) is 25.0. The van der Waals surface area contributed by atoms with Crippen LogP contribution in [0.2, 0.25) is 0 Å². The molecule has 2 nitrogen and oxygen atoms in total. The van der Waals surface area contributed by atoms with Crippen LogP contribution in [0.15, 0.2) is 158 Å². The van der Waals surface area contributed by atoms with Crippen molar-refractivity contribution in [1.29, 1.82) is 0 Å². The number of hydrogen-bond acceptors (Lipinski definition) is 0. The predicted octanol–water partition coefficient (Wildman–Crippen LogP) is 10.9. The molecule has 45 heavy (non-hydrogen) atoms. The fraction of sp³-hybridized carbons (Fsp3) is 0. The summed E-state index contributed by atoms with van der Waals surface area (Å²) in [7, 11) is 0. The average molecular weight is 638 g/mol. The second-order valence-electron chi connectivity index (χ2n) is 11.8. The molecule has 0 aliphatic carbocycles. The number of aromatic nitrogens is 2. The van der Waals surface area contributed by atoms with E-state index < -0.39 is 0 Å². The zero-order valence-electron chi connectivity index (χ0n) is 24.3. The Hall–Kier alpha value is -5.34. The van der Waals surface area contributed by atoms with Crippen LogP contribution in [0.3, 0.4) is 0 Å². The molecular formula is C42H26N2Se. The van der Waals surface area contributed by atoms with Crippen molar-refractivity contribution in [2.45, 2.75) is 0 Å². The quantitative estimate of drug-likeness (QED) is 0.171. The average Bonchev–Trinajstić information content (AvgIpc) is 3.76. The van der Waals surface area contributed by atoms with Gasteiger partial charge in [-0.05, 0) is 0 Å². The van der Waals surface area contributed by atoms with E-state index in [1.165, 1.54) is 85.4 Å². The van der Waals surface area contributed by atoms with Crippen molar-refractivity contribution in [3.63, 3.8) is 0 Å². The van der Waals surface area contributed by atoms with Gasteiger partial charge in [0.1, 0.15) is 0 Å². The fourth-order valence-electron chi connectivity index (χ4n) is 7.36. The van der Waals surface area contributed by atoms with E-state index in [0.717, 1.165) is 0 Å². The topological polar surface area (TPSA) is 9.86 Å². The maximum atomic E-state index is 2.50. The van der Waals surface area contributed by atoms with Crippen molar-refractivity contribution in [2.75, 3.05) is 0 Å². The van der Waals surface area contributed by atoms with Gasteiger partial charge in [-0.15, -0.1) is 0 Å². The van der Waals surface area contributed by atoms with Crippen LogP contribution in [-0.4, -0.2) is 23.6 Å². The van der Waals surface area contributed by atoms with Crippen molar-refractivity contribution < 1.29 is 0 Å². The summed E-state index contributed by atoms with van der Waals surface area (Å²) in [5.41, 5.74) is 9.90. The van der Waals surface area contributed by atoms with Crippen molar-refractivity contribution in [2.24, 2.45) is 0 Å². The minimum atomic E-state index is 0.276. The molecule has 0 spiro atoms. The van der Waals surface area contributed by atoms with Gasteiger partial charge in [0, 0.05) is 0 Å². The molecule has 0 aliphatic rings. The Labute approximate surface area is 265 Å². The van der Waals surface area contributed by atoms with E-state index >= 15 is 0 Å². The van der Waals surface area contributed by atoms with Crippen LogP contribution in [0.25, 0.3) is 85.4 Å². The Morgan fingerprint density at radius 1 is 0.356 bits per heavy atom. The summed E-state index contributed by atoms with van der Waals surface area (Å²) in [6, 6.07) is 58.1. The van der Waals surface area contributed by atoms with Gasteiger partial charge in [0.15, 0.2) is 0 Å². The van der Waals surface area contributed by atoms with E-state index in [-0.39, 0.29) is 14.5 Å². The van der Waals surface area contributed by atoms with Crippen molar-refractivity contribution in [3.8, 4) is 22.5 Å². The summed E-state index contributed by atoms with van der Waals surface area (Å²) >= 11 is 0.276. The maximum absolute atomic E-state index is 2.50. The van der Waals surface area contributed by atoms with Gasteiger partial charge in [0.2, 0.25) is 0 Å². The molecule has 0 saturated carbocycles. The molecule has 7 aromatic carbocycles. The van der Waals surface area contributed by atoms with Gasteiger partial charge in [-0.25, -0.2) is 0 Å². The van der Waals surface area contributed by atoms with Crippen LogP contribution >= 0.6 is 0 Å². The Morgan fingerprint density at radius 2 is 0.978 bits per heavy atom. The SMILES string of the molecule is c1ccc(-c2ccc3[se]c4cccc(-n5c6ccccc6c6cc(-n7c8ccccc8c8ccccc87)ccc65)c4c3c2)cc1. The first-order chi connectivity index (χ1) is 22.3. The molecule has 0 bridgehead atoms. The Morgan fingerprint density at radius 3 is 1.71 bits per heavy atom. The molecule has 210 valence electrons. The first-order valence-corrected chi connectivity index (χ1v) is 17.1. The summed E-state index contributed by atoms with van der Waals surface area (Å²) in [5, 5.41) is 7.85. The van der Waals surface area contributed by atoms with E-state index in [9.17, 15) is 0 Å². The summed E-state index contributed by atoms with van der Waals surface area (Å²) in [4.78, 5) is 0. The molecule has 0 fully saturated rings. The van der Waals surface area contributed by atoms with Gasteiger partial charge in [-0.3, -0.25) is 0 Å². The standard InChI is InChI=1S/C42H26N2Se/c1-2-11-27(12-3-1)28-21-24-40-34(25-28)42-39(19-10-20-41(42)45-40)44-37-18-9-6-15-32(37)33-26-29(22-23-38(33)44)43-35-16-7-4-13-30(35)31-14-5-8-17-36(31)43/h1-26H. The van der Waals surface area contributed by atoms with Crippen molar-refractivity contribution in [1.82, 2.24) is 9.13 Å².